The number of H-pyrrole nitrogens is 1. The number of ether oxygens (including phenoxy) is 1. The Morgan fingerprint density at radius 2 is 1.77 bits per heavy atom. The van der Waals surface area contributed by atoms with Crippen molar-refractivity contribution in [3.05, 3.63) is 57.5 Å². The smallest absolute Gasteiger partial charge is 0.406 e. The minimum atomic E-state index is -4.85. The van der Waals surface area contributed by atoms with Gasteiger partial charge in [-0.25, -0.2) is 8.42 Å². The van der Waals surface area contributed by atoms with Gasteiger partial charge in [0.2, 0.25) is 15.6 Å². The third-order valence-corrected chi connectivity index (χ3v) is 6.41. The van der Waals surface area contributed by atoms with Crippen LogP contribution in [0.15, 0.2) is 51.2 Å². The zero-order valence-electron chi connectivity index (χ0n) is 15.9. The van der Waals surface area contributed by atoms with Crippen molar-refractivity contribution in [2.75, 3.05) is 13.1 Å². The summed E-state index contributed by atoms with van der Waals surface area (Å²) in [5, 5.41) is 4.17. The molecule has 1 aliphatic rings. The zero-order valence-corrected chi connectivity index (χ0v) is 17.4. The summed E-state index contributed by atoms with van der Waals surface area (Å²) in [6.07, 6.45) is -4.21. The van der Waals surface area contributed by atoms with Gasteiger partial charge in [0.15, 0.2) is 0 Å². The van der Waals surface area contributed by atoms with Crippen LogP contribution in [0.4, 0.5) is 13.2 Å². The first kappa shape index (κ1) is 23.1. The highest BCUT2D eigenvalue weighted by atomic mass is 35.5. The fraction of sp³-hybridized carbons (Fsp3) is 0.333. The summed E-state index contributed by atoms with van der Waals surface area (Å²) >= 11 is 5.76. The van der Waals surface area contributed by atoms with Gasteiger partial charge in [-0.1, -0.05) is 16.8 Å². The van der Waals surface area contributed by atoms with Gasteiger partial charge in [0.05, 0.1) is 10.6 Å². The Labute approximate surface area is 180 Å². The molecule has 8 nitrogen and oxygen atoms in total. The Morgan fingerprint density at radius 3 is 2.35 bits per heavy atom. The van der Waals surface area contributed by atoms with Gasteiger partial charge in [0.25, 0.3) is 0 Å². The van der Waals surface area contributed by atoms with Crippen molar-refractivity contribution < 1.29 is 31.2 Å². The van der Waals surface area contributed by atoms with E-state index in [0.717, 1.165) is 24.3 Å². The van der Waals surface area contributed by atoms with Crippen LogP contribution >= 0.6 is 11.6 Å². The standard InChI is InChI=1S/C18H17ClF3N3O5S/c19-16-9-12(10-17(26)23-16)11-29-24-13-5-7-25(8-6-13)31(27,28)15-3-1-14(2-4-15)30-18(20,21)22/h1-4,9-10H,5-8,11H2,(H,23,26). The number of rotatable bonds is 6. The molecule has 2 aromatic rings. The third-order valence-electron chi connectivity index (χ3n) is 4.29. The minimum absolute atomic E-state index is 0.0293. The van der Waals surface area contributed by atoms with Crippen LogP contribution in [-0.2, 0) is 21.5 Å². The van der Waals surface area contributed by atoms with E-state index in [1.807, 2.05) is 0 Å². The van der Waals surface area contributed by atoms with Gasteiger partial charge in [0.1, 0.15) is 17.5 Å². The first-order valence-electron chi connectivity index (χ1n) is 8.95. The van der Waals surface area contributed by atoms with Crippen molar-refractivity contribution in [2.45, 2.75) is 30.7 Å². The number of nitrogens with one attached hydrogen (secondary N) is 1. The van der Waals surface area contributed by atoms with Crippen molar-refractivity contribution in [1.29, 1.82) is 0 Å². The Balaban J connectivity index is 1.56. The van der Waals surface area contributed by atoms with Gasteiger partial charge in [-0.15, -0.1) is 13.2 Å². The molecule has 1 aliphatic heterocycles. The molecule has 0 bridgehead atoms. The van der Waals surface area contributed by atoms with Gasteiger partial charge in [-0.2, -0.15) is 4.31 Å². The maximum Gasteiger partial charge on any atom is 0.573 e. The van der Waals surface area contributed by atoms with E-state index in [1.165, 1.54) is 16.4 Å². The second kappa shape index (κ2) is 9.28. The Kier molecular flexibility index (Phi) is 6.92. The van der Waals surface area contributed by atoms with Crippen LogP contribution in [0.2, 0.25) is 5.15 Å². The predicted molar refractivity (Wildman–Crippen MR) is 105 cm³/mol. The largest absolute Gasteiger partial charge is 0.573 e. The summed E-state index contributed by atoms with van der Waals surface area (Å²) in [5.41, 5.74) is 0.822. The Morgan fingerprint density at radius 1 is 1.13 bits per heavy atom. The molecule has 1 N–H and O–H groups in total. The van der Waals surface area contributed by atoms with E-state index in [0.29, 0.717) is 24.1 Å². The molecule has 0 atom stereocenters. The van der Waals surface area contributed by atoms with Gasteiger partial charge in [-0.05, 0) is 30.3 Å². The highest BCUT2D eigenvalue weighted by Gasteiger charge is 2.32. The van der Waals surface area contributed by atoms with E-state index >= 15 is 0 Å². The summed E-state index contributed by atoms with van der Waals surface area (Å²) < 4.78 is 67.1. The van der Waals surface area contributed by atoms with Crippen molar-refractivity contribution in [1.82, 2.24) is 9.29 Å². The monoisotopic (exact) mass is 479 g/mol. The van der Waals surface area contributed by atoms with Crippen LogP contribution in [-0.4, -0.2) is 42.9 Å². The molecular weight excluding hydrogens is 463 g/mol. The van der Waals surface area contributed by atoms with Crippen molar-refractivity contribution in [3.63, 3.8) is 0 Å². The number of hydrogen-bond donors (Lipinski definition) is 1. The lowest BCUT2D eigenvalue weighted by Crippen LogP contribution is -2.38. The van der Waals surface area contributed by atoms with Crippen molar-refractivity contribution in [3.8, 4) is 5.75 Å². The average Bonchev–Trinajstić information content (AvgIpc) is 2.67. The number of nitrogens with zero attached hydrogens (tertiary/aromatic N) is 2. The van der Waals surface area contributed by atoms with Crippen molar-refractivity contribution >= 4 is 27.3 Å². The Hall–Kier alpha value is -2.57. The van der Waals surface area contributed by atoms with Crippen molar-refractivity contribution in [2.24, 2.45) is 5.16 Å². The lowest BCUT2D eigenvalue weighted by atomic mass is 10.1. The highest BCUT2D eigenvalue weighted by molar-refractivity contribution is 7.89. The first-order chi connectivity index (χ1) is 14.5. The number of aromatic amines is 1. The number of pyridine rings is 1. The molecule has 31 heavy (non-hydrogen) atoms. The van der Waals surface area contributed by atoms with E-state index < -0.39 is 22.1 Å². The molecule has 0 saturated carbocycles. The second-order valence-electron chi connectivity index (χ2n) is 6.56. The lowest BCUT2D eigenvalue weighted by molar-refractivity contribution is -0.274. The number of halogens is 4. The molecular formula is C18H17ClF3N3O5S. The predicted octanol–water partition coefficient (Wildman–Crippen LogP) is 3.28. The SMILES string of the molecule is O=c1cc(CON=C2CCN(S(=O)(=O)c3ccc(OC(F)(F)F)cc3)CC2)cc(Cl)[nH]1. The molecule has 1 fully saturated rings. The number of hydrogen-bond acceptors (Lipinski definition) is 6. The molecule has 1 saturated heterocycles. The molecule has 13 heteroatoms. The maximum atomic E-state index is 12.7. The number of sulfonamides is 1. The van der Waals surface area contributed by atoms with E-state index in [-0.39, 0.29) is 35.3 Å². The first-order valence-corrected chi connectivity index (χ1v) is 10.8. The van der Waals surface area contributed by atoms with Gasteiger partial charge >= 0.3 is 6.36 Å². The Bertz CT molecular complexity index is 1110. The van der Waals surface area contributed by atoms with Gasteiger partial charge < -0.3 is 14.6 Å². The molecule has 0 unspecified atom stereocenters. The number of benzene rings is 1. The third kappa shape index (κ3) is 6.45. The topological polar surface area (TPSA) is 101 Å². The average molecular weight is 480 g/mol. The number of aromatic nitrogens is 1. The van der Waals surface area contributed by atoms with E-state index in [1.54, 1.807) is 0 Å². The van der Waals surface area contributed by atoms with Gasteiger partial charge in [-0.3, -0.25) is 4.79 Å². The van der Waals surface area contributed by atoms with E-state index in [2.05, 4.69) is 14.9 Å². The lowest BCUT2D eigenvalue weighted by Gasteiger charge is -2.26. The van der Waals surface area contributed by atoms with Gasteiger partial charge in [0, 0.05) is 37.6 Å². The quantitative estimate of drug-likeness (QED) is 0.506. The van der Waals surface area contributed by atoms with E-state index in [4.69, 9.17) is 16.4 Å². The molecule has 0 aliphatic carbocycles. The molecule has 1 aromatic carbocycles. The molecule has 0 amide bonds. The van der Waals surface area contributed by atoms with Crippen LogP contribution < -0.4 is 10.3 Å². The molecule has 168 valence electrons. The summed E-state index contributed by atoms with van der Waals surface area (Å²) in [5.74, 6) is -0.502. The number of piperidine rings is 1. The zero-order chi connectivity index (χ0) is 22.6. The van der Waals surface area contributed by atoms with Crippen LogP contribution in [0.3, 0.4) is 0 Å². The summed E-state index contributed by atoms with van der Waals surface area (Å²) in [7, 11) is -3.87. The van der Waals surface area contributed by atoms with Crippen LogP contribution in [0.1, 0.15) is 18.4 Å². The van der Waals surface area contributed by atoms with Crippen LogP contribution in [0.25, 0.3) is 0 Å². The minimum Gasteiger partial charge on any atom is -0.406 e. The van der Waals surface area contributed by atoms with Crippen LogP contribution in [0, 0.1) is 0 Å². The molecule has 0 spiro atoms. The fourth-order valence-electron chi connectivity index (χ4n) is 2.88. The summed E-state index contributed by atoms with van der Waals surface area (Å²) in [4.78, 5) is 18.8. The molecule has 1 aromatic heterocycles. The fourth-order valence-corrected chi connectivity index (χ4v) is 4.56. The molecule has 3 rings (SSSR count). The van der Waals surface area contributed by atoms with E-state index in [9.17, 15) is 26.4 Å². The summed E-state index contributed by atoms with van der Waals surface area (Å²) in [6.45, 7) is 0.311. The summed E-state index contributed by atoms with van der Waals surface area (Å²) in [6, 6.07) is 6.89. The maximum absolute atomic E-state index is 12.7. The highest BCUT2D eigenvalue weighted by Crippen LogP contribution is 2.26. The second-order valence-corrected chi connectivity index (χ2v) is 8.90. The number of alkyl halides is 3. The van der Waals surface area contributed by atoms with Crippen LogP contribution in [0.5, 0.6) is 5.75 Å². The normalized spacial score (nSPS) is 15.5. The molecule has 0 radical (unpaired) electrons. The number of oxime groups is 1. The molecule has 2 heterocycles.